The van der Waals surface area contributed by atoms with Crippen LogP contribution in [0.3, 0.4) is 0 Å². The molecule has 2 aromatic heterocycles. The molecule has 1 N–H and O–H groups in total. The van der Waals surface area contributed by atoms with Gasteiger partial charge in [-0.05, 0) is 42.3 Å². The lowest BCUT2D eigenvalue weighted by Gasteiger charge is -2.14. The number of nitrogens with zero attached hydrogens (tertiary/aromatic N) is 3. The van der Waals surface area contributed by atoms with Gasteiger partial charge >= 0.3 is 5.69 Å². The van der Waals surface area contributed by atoms with E-state index in [0.29, 0.717) is 16.3 Å². The molecular formula is C21H20N4O4S. The molecule has 4 aromatic rings. The van der Waals surface area contributed by atoms with Crippen molar-refractivity contribution in [1.82, 2.24) is 19.1 Å². The maximum absolute atomic E-state index is 13.4. The summed E-state index contributed by atoms with van der Waals surface area (Å²) < 4.78 is 19.7. The zero-order valence-electron chi connectivity index (χ0n) is 16.7. The van der Waals surface area contributed by atoms with Gasteiger partial charge in [0.1, 0.15) is 11.3 Å². The molecule has 0 aliphatic rings. The molecule has 154 valence electrons. The van der Waals surface area contributed by atoms with E-state index in [-0.39, 0.29) is 17.7 Å². The number of aromatic nitrogens is 4. The Morgan fingerprint density at radius 3 is 2.53 bits per heavy atom. The van der Waals surface area contributed by atoms with Gasteiger partial charge in [-0.15, -0.1) is 0 Å². The lowest BCUT2D eigenvalue weighted by Crippen LogP contribution is -2.40. The van der Waals surface area contributed by atoms with E-state index < -0.39 is 22.0 Å². The van der Waals surface area contributed by atoms with E-state index in [1.807, 2.05) is 6.92 Å². The van der Waals surface area contributed by atoms with Gasteiger partial charge in [0.05, 0.1) is 25.7 Å². The summed E-state index contributed by atoms with van der Waals surface area (Å²) >= 11 is 0. The molecule has 0 saturated carbocycles. The summed E-state index contributed by atoms with van der Waals surface area (Å²) in [5, 5.41) is 0. The van der Waals surface area contributed by atoms with E-state index in [2.05, 4.69) is 9.97 Å². The fourth-order valence-corrected chi connectivity index (χ4v) is 3.86. The first-order valence-corrected chi connectivity index (χ1v) is 10.7. The maximum Gasteiger partial charge on any atom is 0.337 e. The molecule has 0 saturated heterocycles. The number of rotatable bonds is 5. The summed E-state index contributed by atoms with van der Waals surface area (Å²) in [5.74, 6) is 0.688. The van der Waals surface area contributed by atoms with Crippen molar-refractivity contribution in [1.29, 1.82) is 0 Å². The minimum atomic E-state index is -1.22. The number of aryl methyl sites for hydroxylation is 1. The first-order valence-electron chi connectivity index (χ1n) is 9.17. The number of ether oxygens (including phenoxy) is 1. The Balaban J connectivity index is 1.96. The van der Waals surface area contributed by atoms with Crippen LogP contribution < -0.4 is 16.0 Å². The van der Waals surface area contributed by atoms with Gasteiger partial charge in [0, 0.05) is 22.0 Å². The molecule has 9 heteroatoms. The molecule has 0 amide bonds. The highest BCUT2D eigenvalue weighted by molar-refractivity contribution is 7.84. The minimum Gasteiger partial charge on any atom is -0.497 e. The Kier molecular flexibility index (Phi) is 5.13. The highest BCUT2D eigenvalue weighted by Gasteiger charge is 2.18. The van der Waals surface area contributed by atoms with Gasteiger partial charge in [0.15, 0.2) is 5.65 Å². The van der Waals surface area contributed by atoms with Crippen molar-refractivity contribution in [2.24, 2.45) is 0 Å². The van der Waals surface area contributed by atoms with Crippen molar-refractivity contribution in [2.45, 2.75) is 18.4 Å². The standard InChI is InChI=1S/C21H20N4O4S/c1-13-4-9-16(30(3)28)10-17(13)25-19-18(22-12-23-19)20(26)24(21(25)27)11-14-5-7-15(29-2)8-6-14/h4-10,12H,11H2,1-3H3,(H,22,23)/t30-/m0/s1. The number of hydrogen-bond donors (Lipinski definition) is 1. The topological polar surface area (TPSA) is 99.0 Å². The first-order chi connectivity index (χ1) is 14.4. The molecule has 0 fully saturated rings. The van der Waals surface area contributed by atoms with Crippen LogP contribution in [-0.4, -0.2) is 36.7 Å². The van der Waals surface area contributed by atoms with Gasteiger partial charge in [0.25, 0.3) is 5.56 Å². The number of nitrogens with one attached hydrogen (secondary N) is 1. The van der Waals surface area contributed by atoms with E-state index >= 15 is 0 Å². The summed E-state index contributed by atoms with van der Waals surface area (Å²) in [6, 6.07) is 12.4. The first kappa shape index (κ1) is 19.8. The molecule has 0 unspecified atom stereocenters. The Bertz CT molecular complexity index is 1380. The van der Waals surface area contributed by atoms with E-state index in [4.69, 9.17) is 4.74 Å². The minimum absolute atomic E-state index is 0.0923. The van der Waals surface area contributed by atoms with Crippen LogP contribution in [0.2, 0.25) is 0 Å². The molecule has 8 nitrogen and oxygen atoms in total. The average molecular weight is 424 g/mol. The molecule has 0 aliphatic carbocycles. The second-order valence-electron chi connectivity index (χ2n) is 6.86. The van der Waals surface area contributed by atoms with Crippen molar-refractivity contribution in [3.63, 3.8) is 0 Å². The van der Waals surface area contributed by atoms with Gasteiger partial charge in [-0.3, -0.25) is 13.6 Å². The number of hydrogen-bond acceptors (Lipinski definition) is 5. The van der Waals surface area contributed by atoms with E-state index in [1.165, 1.54) is 10.9 Å². The largest absolute Gasteiger partial charge is 0.497 e. The zero-order chi connectivity index (χ0) is 21.4. The third kappa shape index (κ3) is 3.37. The van der Waals surface area contributed by atoms with Crippen molar-refractivity contribution < 1.29 is 8.95 Å². The molecule has 0 bridgehead atoms. The third-order valence-corrected chi connectivity index (χ3v) is 5.88. The number of aromatic amines is 1. The fourth-order valence-electron chi connectivity index (χ4n) is 3.33. The summed E-state index contributed by atoms with van der Waals surface area (Å²) in [7, 11) is 0.353. The lowest BCUT2D eigenvalue weighted by molar-refractivity contribution is 0.414. The van der Waals surface area contributed by atoms with Crippen molar-refractivity contribution in [3.8, 4) is 11.4 Å². The van der Waals surface area contributed by atoms with E-state index in [9.17, 15) is 13.8 Å². The van der Waals surface area contributed by atoms with Crippen LogP contribution in [0.1, 0.15) is 11.1 Å². The molecule has 0 radical (unpaired) electrons. The quantitative estimate of drug-likeness (QED) is 0.528. The molecule has 30 heavy (non-hydrogen) atoms. The van der Waals surface area contributed by atoms with Gasteiger partial charge in [0.2, 0.25) is 0 Å². The number of fused-ring (bicyclic) bond motifs is 1. The zero-order valence-corrected chi connectivity index (χ0v) is 17.5. The molecule has 0 spiro atoms. The second kappa shape index (κ2) is 7.75. The van der Waals surface area contributed by atoms with Crippen LogP contribution in [0.4, 0.5) is 0 Å². The normalized spacial score (nSPS) is 12.2. The van der Waals surface area contributed by atoms with Crippen LogP contribution in [-0.2, 0) is 17.3 Å². The van der Waals surface area contributed by atoms with Gasteiger partial charge in [-0.2, -0.15) is 0 Å². The van der Waals surface area contributed by atoms with Crippen LogP contribution in [0, 0.1) is 6.92 Å². The number of imidazole rings is 1. The van der Waals surface area contributed by atoms with E-state index in [0.717, 1.165) is 15.7 Å². The monoisotopic (exact) mass is 424 g/mol. The predicted molar refractivity (Wildman–Crippen MR) is 115 cm³/mol. The average Bonchev–Trinajstić information content (AvgIpc) is 3.22. The van der Waals surface area contributed by atoms with Gasteiger partial charge in [-0.1, -0.05) is 18.2 Å². The number of benzene rings is 2. The maximum atomic E-state index is 13.4. The smallest absolute Gasteiger partial charge is 0.337 e. The van der Waals surface area contributed by atoms with Crippen LogP contribution in [0.5, 0.6) is 5.75 Å². The Labute approximate surface area is 174 Å². The van der Waals surface area contributed by atoms with Crippen molar-refractivity contribution in [2.75, 3.05) is 13.4 Å². The summed E-state index contributed by atoms with van der Waals surface area (Å²) in [6.45, 7) is 1.94. The van der Waals surface area contributed by atoms with Crippen LogP contribution in [0.15, 0.2) is 63.3 Å². The van der Waals surface area contributed by atoms with Crippen molar-refractivity contribution >= 4 is 22.0 Å². The molecule has 2 aromatic carbocycles. The van der Waals surface area contributed by atoms with Crippen LogP contribution >= 0.6 is 0 Å². The number of H-pyrrole nitrogens is 1. The lowest BCUT2D eigenvalue weighted by atomic mass is 10.2. The Morgan fingerprint density at radius 1 is 1.13 bits per heavy atom. The summed E-state index contributed by atoms with van der Waals surface area (Å²) in [5.41, 5.74) is 1.60. The van der Waals surface area contributed by atoms with Gasteiger partial charge in [-0.25, -0.2) is 14.3 Å². The molecule has 4 rings (SSSR count). The van der Waals surface area contributed by atoms with Gasteiger partial charge < -0.3 is 9.72 Å². The summed E-state index contributed by atoms with van der Waals surface area (Å²) in [4.78, 5) is 34.1. The summed E-state index contributed by atoms with van der Waals surface area (Å²) in [6.07, 6.45) is 2.96. The molecule has 1 atom stereocenters. The highest BCUT2D eigenvalue weighted by atomic mass is 32.2. The molecule has 0 aliphatic heterocycles. The van der Waals surface area contributed by atoms with Crippen LogP contribution in [0.25, 0.3) is 16.9 Å². The highest BCUT2D eigenvalue weighted by Crippen LogP contribution is 2.19. The predicted octanol–water partition coefficient (Wildman–Crippen LogP) is 1.98. The fraction of sp³-hybridized carbons (Fsp3) is 0.190. The molecule has 2 heterocycles. The SMILES string of the molecule is COc1ccc(Cn2c(=O)c3[nH]cnc3n(-c3cc([S@](C)=O)ccc3C)c2=O)cc1. The van der Waals surface area contributed by atoms with E-state index in [1.54, 1.807) is 55.8 Å². The Morgan fingerprint density at radius 2 is 1.87 bits per heavy atom. The third-order valence-electron chi connectivity index (χ3n) is 4.97. The number of methoxy groups -OCH3 is 1. The Hall–Kier alpha value is -3.46. The van der Waals surface area contributed by atoms with Crippen molar-refractivity contribution in [3.05, 3.63) is 80.8 Å². The second-order valence-corrected chi connectivity index (χ2v) is 8.24. The molecular weight excluding hydrogens is 404 g/mol.